The third-order valence-electron chi connectivity index (χ3n) is 3.14. The van der Waals surface area contributed by atoms with Crippen LogP contribution in [0.25, 0.3) is 0 Å². The summed E-state index contributed by atoms with van der Waals surface area (Å²) in [5.41, 5.74) is 1.01. The first-order chi connectivity index (χ1) is 10.5. The van der Waals surface area contributed by atoms with Crippen LogP contribution in [0, 0.1) is 5.82 Å². The quantitative estimate of drug-likeness (QED) is 0.851. The van der Waals surface area contributed by atoms with Crippen LogP contribution in [0.3, 0.4) is 0 Å². The first-order valence-corrected chi connectivity index (χ1v) is 8.30. The Morgan fingerprint density at radius 1 is 1.09 bits per heavy atom. The Hall–Kier alpha value is -1.76. The van der Waals surface area contributed by atoms with Gasteiger partial charge in [-0.3, -0.25) is 0 Å². The van der Waals surface area contributed by atoms with Gasteiger partial charge in [-0.1, -0.05) is 30.3 Å². The van der Waals surface area contributed by atoms with Crippen LogP contribution in [-0.2, 0) is 21.2 Å². The van der Waals surface area contributed by atoms with Gasteiger partial charge in [0.25, 0.3) is 0 Å². The smallest absolute Gasteiger partial charge is 0.240 e. The van der Waals surface area contributed by atoms with Crippen LogP contribution in [0.1, 0.15) is 5.56 Å². The number of sulfonamides is 1. The maximum absolute atomic E-state index is 12.9. The molecule has 6 heteroatoms. The predicted molar refractivity (Wildman–Crippen MR) is 82.5 cm³/mol. The molecular weight excluding hydrogens is 305 g/mol. The topological polar surface area (TPSA) is 55.4 Å². The Morgan fingerprint density at radius 2 is 1.73 bits per heavy atom. The summed E-state index contributed by atoms with van der Waals surface area (Å²) >= 11 is 0. The first kappa shape index (κ1) is 16.6. The Bertz CT molecular complexity index is 687. The van der Waals surface area contributed by atoms with Crippen LogP contribution in [0.2, 0.25) is 0 Å². The van der Waals surface area contributed by atoms with E-state index in [1.807, 2.05) is 30.3 Å². The van der Waals surface area contributed by atoms with Gasteiger partial charge in [0.05, 0.1) is 11.5 Å². The lowest BCUT2D eigenvalue weighted by Gasteiger charge is -2.18. The molecular formula is C16H18FNO3S. The average molecular weight is 323 g/mol. The summed E-state index contributed by atoms with van der Waals surface area (Å²) in [4.78, 5) is 0.0306. The van der Waals surface area contributed by atoms with Crippen LogP contribution in [0.4, 0.5) is 4.39 Å². The maximum atomic E-state index is 12.9. The van der Waals surface area contributed by atoms with Crippen molar-refractivity contribution >= 4 is 10.0 Å². The number of rotatable bonds is 7. The highest BCUT2D eigenvalue weighted by Gasteiger charge is 2.20. The van der Waals surface area contributed by atoms with Crippen LogP contribution in [0.5, 0.6) is 0 Å². The van der Waals surface area contributed by atoms with Crippen molar-refractivity contribution in [3.05, 3.63) is 66.0 Å². The predicted octanol–water partition coefficient (Wildman–Crippen LogP) is 2.36. The molecule has 0 heterocycles. The van der Waals surface area contributed by atoms with Gasteiger partial charge in [0, 0.05) is 13.2 Å². The second-order valence-electron chi connectivity index (χ2n) is 4.92. The van der Waals surface area contributed by atoms with Crippen molar-refractivity contribution in [2.75, 3.05) is 13.7 Å². The molecule has 0 amide bonds. The second kappa shape index (κ2) is 7.49. The molecule has 0 saturated carbocycles. The minimum atomic E-state index is -3.72. The molecule has 0 aromatic heterocycles. The number of nitrogens with one attached hydrogen (secondary N) is 1. The van der Waals surface area contributed by atoms with Crippen LogP contribution >= 0.6 is 0 Å². The van der Waals surface area contributed by atoms with Crippen molar-refractivity contribution in [2.24, 2.45) is 0 Å². The molecule has 118 valence electrons. The van der Waals surface area contributed by atoms with Gasteiger partial charge in [0.2, 0.25) is 10.0 Å². The van der Waals surface area contributed by atoms with E-state index in [2.05, 4.69) is 4.72 Å². The van der Waals surface area contributed by atoms with Crippen LogP contribution in [-0.4, -0.2) is 28.2 Å². The third-order valence-corrected chi connectivity index (χ3v) is 4.67. The molecule has 0 bridgehead atoms. The molecule has 4 nitrogen and oxygen atoms in total. The molecule has 0 spiro atoms. The molecule has 1 N–H and O–H groups in total. The van der Waals surface area contributed by atoms with Crippen molar-refractivity contribution in [2.45, 2.75) is 17.4 Å². The Morgan fingerprint density at radius 3 is 2.32 bits per heavy atom. The molecule has 2 rings (SSSR count). The largest absolute Gasteiger partial charge is 0.383 e. The first-order valence-electron chi connectivity index (χ1n) is 6.82. The lowest BCUT2D eigenvalue weighted by atomic mass is 10.1. The second-order valence-corrected chi connectivity index (χ2v) is 6.63. The average Bonchev–Trinajstić information content (AvgIpc) is 2.48. The van der Waals surface area contributed by atoms with Gasteiger partial charge >= 0.3 is 0 Å². The van der Waals surface area contributed by atoms with E-state index < -0.39 is 21.9 Å². The van der Waals surface area contributed by atoms with E-state index in [0.29, 0.717) is 6.42 Å². The number of ether oxygens (including phenoxy) is 1. The normalized spacial score (nSPS) is 13.0. The lowest BCUT2D eigenvalue weighted by Crippen LogP contribution is -2.39. The highest BCUT2D eigenvalue weighted by Crippen LogP contribution is 2.12. The summed E-state index contributed by atoms with van der Waals surface area (Å²) in [6.45, 7) is 0.245. The van der Waals surface area contributed by atoms with E-state index in [0.717, 1.165) is 17.7 Å². The standard InChI is InChI=1S/C16H18FNO3S/c1-21-12-15(11-13-5-3-2-4-6-13)18-22(19,20)16-9-7-14(17)8-10-16/h2-10,15,18H,11-12H2,1H3/t15-/m0/s1. The van der Waals surface area contributed by atoms with Crippen molar-refractivity contribution in [3.8, 4) is 0 Å². The Labute approximate surface area is 130 Å². The molecule has 0 aliphatic heterocycles. The van der Waals surface area contributed by atoms with Gasteiger partial charge in [0.15, 0.2) is 0 Å². The minimum absolute atomic E-state index is 0.0306. The van der Waals surface area contributed by atoms with Crippen molar-refractivity contribution < 1.29 is 17.5 Å². The minimum Gasteiger partial charge on any atom is -0.383 e. The van der Waals surface area contributed by atoms with Gasteiger partial charge in [-0.15, -0.1) is 0 Å². The summed E-state index contributed by atoms with van der Waals surface area (Å²) in [6, 6.07) is 13.9. The Balaban J connectivity index is 2.14. The fraction of sp³-hybridized carbons (Fsp3) is 0.250. The molecule has 22 heavy (non-hydrogen) atoms. The van der Waals surface area contributed by atoms with E-state index in [1.54, 1.807) is 0 Å². The molecule has 0 unspecified atom stereocenters. The third kappa shape index (κ3) is 4.62. The molecule has 1 atom stereocenters. The van der Waals surface area contributed by atoms with E-state index in [-0.39, 0.29) is 11.5 Å². The summed E-state index contributed by atoms with van der Waals surface area (Å²) in [5, 5.41) is 0. The van der Waals surface area contributed by atoms with Gasteiger partial charge in [0.1, 0.15) is 5.82 Å². The molecule has 0 radical (unpaired) electrons. The fourth-order valence-electron chi connectivity index (χ4n) is 2.14. The van der Waals surface area contributed by atoms with Crippen LogP contribution < -0.4 is 4.72 Å². The lowest BCUT2D eigenvalue weighted by molar-refractivity contribution is 0.174. The number of methoxy groups -OCH3 is 1. The van der Waals surface area contributed by atoms with E-state index in [4.69, 9.17) is 4.74 Å². The highest BCUT2D eigenvalue weighted by molar-refractivity contribution is 7.89. The van der Waals surface area contributed by atoms with Crippen molar-refractivity contribution in [1.29, 1.82) is 0 Å². The maximum Gasteiger partial charge on any atom is 0.240 e. The zero-order chi connectivity index (χ0) is 16.0. The number of halogens is 1. The van der Waals surface area contributed by atoms with E-state index in [1.165, 1.54) is 19.2 Å². The number of benzene rings is 2. The number of hydrogen-bond donors (Lipinski definition) is 1. The van der Waals surface area contributed by atoms with Gasteiger partial charge in [-0.25, -0.2) is 17.5 Å². The zero-order valence-electron chi connectivity index (χ0n) is 12.2. The zero-order valence-corrected chi connectivity index (χ0v) is 13.0. The highest BCUT2D eigenvalue weighted by atomic mass is 32.2. The number of hydrogen-bond acceptors (Lipinski definition) is 3. The molecule has 2 aromatic rings. The molecule has 0 fully saturated rings. The summed E-state index contributed by atoms with van der Waals surface area (Å²) in [5.74, 6) is -0.475. The fourth-order valence-corrected chi connectivity index (χ4v) is 3.36. The molecule has 0 saturated heterocycles. The summed E-state index contributed by atoms with van der Waals surface area (Å²) in [7, 11) is -2.20. The van der Waals surface area contributed by atoms with E-state index >= 15 is 0 Å². The van der Waals surface area contributed by atoms with Gasteiger partial charge in [-0.05, 0) is 36.2 Å². The molecule has 0 aliphatic carbocycles. The van der Waals surface area contributed by atoms with Crippen molar-refractivity contribution in [3.63, 3.8) is 0 Å². The van der Waals surface area contributed by atoms with Gasteiger partial charge in [-0.2, -0.15) is 0 Å². The monoisotopic (exact) mass is 323 g/mol. The van der Waals surface area contributed by atoms with Crippen molar-refractivity contribution in [1.82, 2.24) is 4.72 Å². The molecule has 0 aliphatic rings. The summed E-state index contributed by atoms with van der Waals surface area (Å²) < 4.78 is 45.3. The summed E-state index contributed by atoms with van der Waals surface area (Å²) in [6.07, 6.45) is 0.509. The van der Waals surface area contributed by atoms with Gasteiger partial charge < -0.3 is 4.74 Å². The Kier molecular flexibility index (Phi) is 5.65. The van der Waals surface area contributed by atoms with E-state index in [9.17, 15) is 12.8 Å². The molecule has 2 aromatic carbocycles. The SMILES string of the molecule is COC[C@H](Cc1ccccc1)NS(=O)(=O)c1ccc(F)cc1. The van der Waals surface area contributed by atoms with Crippen LogP contribution in [0.15, 0.2) is 59.5 Å².